The van der Waals surface area contributed by atoms with E-state index in [0.29, 0.717) is 23.8 Å². The van der Waals surface area contributed by atoms with Gasteiger partial charge in [-0.1, -0.05) is 13.3 Å². The van der Waals surface area contributed by atoms with Gasteiger partial charge in [0.05, 0.1) is 0 Å². The average Bonchev–Trinajstić information content (AvgIpc) is 2.41. The molecule has 1 aliphatic heterocycles. The molecule has 3 nitrogen and oxygen atoms in total. The van der Waals surface area contributed by atoms with Crippen molar-refractivity contribution >= 4 is 5.82 Å². The fraction of sp³-hybridized carbons (Fsp3) is 0.643. The lowest BCUT2D eigenvalue weighted by atomic mass is 9.95. The Morgan fingerprint density at radius 1 is 1.56 bits per heavy atom. The Hall–Kier alpha value is -1.16. The third-order valence-corrected chi connectivity index (χ3v) is 3.71. The number of pyridine rings is 1. The van der Waals surface area contributed by atoms with Crippen molar-refractivity contribution in [3.63, 3.8) is 0 Å². The average molecular weight is 251 g/mol. The lowest BCUT2D eigenvalue weighted by molar-refractivity contribution is 0.399. The van der Waals surface area contributed by atoms with E-state index >= 15 is 0 Å². The lowest BCUT2D eigenvalue weighted by Crippen LogP contribution is -2.36. The Morgan fingerprint density at radius 2 is 2.39 bits per heavy atom. The van der Waals surface area contributed by atoms with Gasteiger partial charge in [-0.05, 0) is 31.9 Å². The minimum Gasteiger partial charge on any atom is -0.354 e. The predicted octanol–water partition coefficient (Wildman–Crippen LogP) is 2.57. The smallest absolute Gasteiger partial charge is 0.170 e. The Morgan fingerprint density at radius 3 is 3.11 bits per heavy atom. The van der Waals surface area contributed by atoms with E-state index in [1.54, 1.807) is 12.3 Å². The topological polar surface area (TPSA) is 28.2 Å². The minimum absolute atomic E-state index is 0.163. The molecular weight excluding hydrogens is 229 g/mol. The van der Waals surface area contributed by atoms with Crippen LogP contribution in [-0.2, 0) is 6.54 Å². The summed E-state index contributed by atoms with van der Waals surface area (Å²) in [6, 6.07) is 1.75. The van der Waals surface area contributed by atoms with E-state index in [-0.39, 0.29) is 5.82 Å². The van der Waals surface area contributed by atoms with Gasteiger partial charge >= 0.3 is 0 Å². The second-order valence-electron chi connectivity index (χ2n) is 5.00. The minimum atomic E-state index is -0.163. The SMILES string of the molecule is CCC1CCCN(c2nccc(CNC)c2F)C1. The van der Waals surface area contributed by atoms with Crippen LogP contribution in [0.15, 0.2) is 12.3 Å². The second-order valence-corrected chi connectivity index (χ2v) is 5.00. The van der Waals surface area contributed by atoms with Gasteiger partial charge in [-0.25, -0.2) is 9.37 Å². The van der Waals surface area contributed by atoms with Crippen LogP contribution in [0.5, 0.6) is 0 Å². The summed E-state index contributed by atoms with van der Waals surface area (Å²) < 4.78 is 14.3. The number of anilines is 1. The molecule has 1 unspecified atom stereocenters. The maximum absolute atomic E-state index is 14.3. The van der Waals surface area contributed by atoms with Gasteiger partial charge in [-0.3, -0.25) is 0 Å². The molecule has 1 aromatic heterocycles. The molecule has 2 heterocycles. The molecule has 0 bridgehead atoms. The highest BCUT2D eigenvalue weighted by atomic mass is 19.1. The van der Waals surface area contributed by atoms with E-state index in [1.165, 1.54) is 6.42 Å². The fourth-order valence-corrected chi connectivity index (χ4v) is 2.61. The summed E-state index contributed by atoms with van der Waals surface area (Å²) in [4.78, 5) is 6.34. The third-order valence-electron chi connectivity index (χ3n) is 3.71. The second kappa shape index (κ2) is 6.14. The lowest BCUT2D eigenvalue weighted by Gasteiger charge is -2.33. The maximum atomic E-state index is 14.3. The molecule has 0 spiro atoms. The Kier molecular flexibility index (Phi) is 4.53. The first-order chi connectivity index (χ1) is 8.76. The molecule has 1 fully saturated rings. The zero-order chi connectivity index (χ0) is 13.0. The standard InChI is InChI=1S/C14H22FN3/c1-3-11-5-4-8-18(10-11)14-13(15)12(9-16-2)6-7-17-14/h6-7,11,16H,3-5,8-10H2,1-2H3. The number of rotatable bonds is 4. The number of hydrogen-bond donors (Lipinski definition) is 1. The zero-order valence-electron chi connectivity index (χ0n) is 11.2. The van der Waals surface area contributed by atoms with Crippen molar-refractivity contribution in [1.82, 2.24) is 10.3 Å². The quantitative estimate of drug-likeness (QED) is 0.891. The molecule has 1 aliphatic rings. The van der Waals surface area contributed by atoms with Gasteiger partial charge in [-0.2, -0.15) is 0 Å². The first kappa shape index (κ1) is 13.3. The Balaban J connectivity index is 2.19. The van der Waals surface area contributed by atoms with Gasteiger partial charge in [0.1, 0.15) is 0 Å². The van der Waals surface area contributed by atoms with Crippen molar-refractivity contribution in [3.05, 3.63) is 23.6 Å². The molecule has 0 aromatic carbocycles. The van der Waals surface area contributed by atoms with Crippen LogP contribution in [0.3, 0.4) is 0 Å². The molecule has 1 saturated heterocycles. The number of nitrogens with one attached hydrogen (secondary N) is 1. The zero-order valence-corrected chi connectivity index (χ0v) is 11.2. The predicted molar refractivity (Wildman–Crippen MR) is 72.2 cm³/mol. The van der Waals surface area contributed by atoms with Gasteiger partial charge in [0.2, 0.25) is 0 Å². The van der Waals surface area contributed by atoms with Crippen LogP contribution in [0.25, 0.3) is 0 Å². The van der Waals surface area contributed by atoms with E-state index in [2.05, 4.69) is 22.1 Å². The van der Waals surface area contributed by atoms with E-state index < -0.39 is 0 Å². The summed E-state index contributed by atoms with van der Waals surface area (Å²) >= 11 is 0. The van der Waals surface area contributed by atoms with Gasteiger partial charge < -0.3 is 10.2 Å². The van der Waals surface area contributed by atoms with Gasteiger partial charge in [-0.15, -0.1) is 0 Å². The number of aromatic nitrogens is 1. The molecule has 4 heteroatoms. The maximum Gasteiger partial charge on any atom is 0.170 e. The molecular formula is C14H22FN3. The van der Waals surface area contributed by atoms with Crippen molar-refractivity contribution in [2.45, 2.75) is 32.7 Å². The van der Waals surface area contributed by atoms with Crippen LogP contribution in [0.1, 0.15) is 31.7 Å². The van der Waals surface area contributed by atoms with Crippen LogP contribution in [-0.4, -0.2) is 25.1 Å². The van der Waals surface area contributed by atoms with Crippen LogP contribution < -0.4 is 10.2 Å². The van der Waals surface area contributed by atoms with Crippen molar-refractivity contribution in [2.24, 2.45) is 5.92 Å². The summed E-state index contributed by atoms with van der Waals surface area (Å²) in [5.74, 6) is 1.04. The molecule has 100 valence electrons. The molecule has 1 aromatic rings. The van der Waals surface area contributed by atoms with Crippen LogP contribution in [0.4, 0.5) is 10.2 Å². The normalized spacial score (nSPS) is 20.2. The molecule has 0 saturated carbocycles. The highest BCUT2D eigenvalue weighted by Crippen LogP contribution is 2.26. The number of nitrogens with zero attached hydrogens (tertiary/aromatic N) is 2. The molecule has 18 heavy (non-hydrogen) atoms. The Bertz CT molecular complexity index is 395. The number of halogens is 1. The summed E-state index contributed by atoms with van der Waals surface area (Å²) in [5, 5.41) is 2.99. The van der Waals surface area contributed by atoms with Crippen molar-refractivity contribution in [1.29, 1.82) is 0 Å². The molecule has 0 amide bonds. The summed E-state index contributed by atoms with van der Waals surface area (Å²) in [6.07, 6.45) is 5.26. The monoisotopic (exact) mass is 251 g/mol. The van der Waals surface area contributed by atoms with E-state index in [9.17, 15) is 4.39 Å². The number of piperidine rings is 1. The molecule has 2 rings (SSSR count). The van der Waals surface area contributed by atoms with Crippen molar-refractivity contribution in [2.75, 3.05) is 25.0 Å². The molecule has 0 aliphatic carbocycles. The van der Waals surface area contributed by atoms with Crippen LogP contribution >= 0.6 is 0 Å². The number of hydrogen-bond acceptors (Lipinski definition) is 3. The van der Waals surface area contributed by atoms with Crippen LogP contribution in [0.2, 0.25) is 0 Å². The third kappa shape index (κ3) is 2.80. The largest absolute Gasteiger partial charge is 0.354 e. The van der Waals surface area contributed by atoms with Crippen LogP contribution in [0, 0.1) is 11.7 Å². The van der Waals surface area contributed by atoms with E-state index in [0.717, 1.165) is 25.9 Å². The first-order valence-corrected chi connectivity index (χ1v) is 6.79. The summed E-state index contributed by atoms with van der Waals surface area (Å²) in [6.45, 7) is 4.61. The molecule has 1 atom stereocenters. The van der Waals surface area contributed by atoms with Gasteiger partial charge in [0, 0.05) is 31.4 Å². The van der Waals surface area contributed by atoms with Gasteiger partial charge in [0.25, 0.3) is 0 Å². The summed E-state index contributed by atoms with van der Waals surface area (Å²) in [7, 11) is 1.83. The molecule has 0 radical (unpaired) electrons. The molecule has 1 N–H and O–H groups in total. The van der Waals surface area contributed by atoms with E-state index in [4.69, 9.17) is 0 Å². The van der Waals surface area contributed by atoms with Crippen molar-refractivity contribution in [3.8, 4) is 0 Å². The Labute approximate surface area is 108 Å². The first-order valence-electron chi connectivity index (χ1n) is 6.79. The highest BCUT2D eigenvalue weighted by Gasteiger charge is 2.22. The summed E-state index contributed by atoms with van der Waals surface area (Å²) in [5.41, 5.74) is 0.695. The van der Waals surface area contributed by atoms with E-state index in [1.807, 2.05) is 7.05 Å². The van der Waals surface area contributed by atoms with Crippen molar-refractivity contribution < 1.29 is 4.39 Å². The fourth-order valence-electron chi connectivity index (χ4n) is 2.61. The highest BCUT2D eigenvalue weighted by molar-refractivity contribution is 5.43. The van der Waals surface area contributed by atoms with Gasteiger partial charge in [0.15, 0.2) is 11.6 Å².